The van der Waals surface area contributed by atoms with Gasteiger partial charge in [-0.2, -0.15) is 0 Å². The van der Waals surface area contributed by atoms with Crippen molar-refractivity contribution >= 4 is 44.9 Å². The third kappa shape index (κ3) is 4.59. The number of rotatable bonds is 8. The summed E-state index contributed by atoms with van der Waals surface area (Å²) < 4.78 is 6.80. The fraction of sp³-hybridized carbons (Fsp3) is 0.565. The van der Waals surface area contributed by atoms with Crippen LogP contribution in [0.5, 0.6) is 5.75 Å². The topological polar surface area (TPSA) is 75.6 Å². The second kappa shape index (κ2) is 9.56. The number of benzene rings is 1. The zero-order chi connectivity index (χ0) is 21.1. The Labute approximate surface area is 185 Å². The van der Waals surface area contributed by atoms with E-state index in [9.17, 15) is 9.59 Å². The average Bonchev–Trinajstić information content (AvgIpc) is 3.30. The van der Waals surface area contributed by atoms with Crippen LogP contribution in [-0.4, -0.2) is 30.1 Å². The van der Waals surface area contributed by atoms with Crippen LogP contribution in [0.25, 0.3) is 10.1 Å². The molecule has 1 aromatic carbocycles. The maximum Gasteiger partial charge on any atom is 0.303 e. The van der Waals surface area contributed by atoms with Gasteiger partial charge >= 0.3 is 5.97 Å². The number of ether oxygens (including phenoxy) is 1. The first-order valence-electron chi connectivity index (χ1n) is 10.9. The molecular formula is C23H28ClNO4S. The number of carbonyl (C=O) groups is 2. The SMILES string of the molecule is O=C(O)CCCOc1ccc2c(Cl)c(C(C3CCCCC3)C3CCNC3=O)sc2c1. The zero-order valence-electron chi connectivity index (χ0n) is 17.0. The molecule has 2 heterocycles. The summed E-state index contributed by atoms with van der Waals surface area (Å²) in [6.45, 7) is 1.13. The van der Waals surface area contributed by atoms with Crippen LogP contribution in [0.4, 0.5) is 0 Å². The molecule has 0 radical (unpaired) electrons. The lowest BCUT2D eigenvalue weighted by Crippen LogP contribution is -2.29. The highest BCUT2D eigenvalue weighted by atomic mass is 35.5. The van der Waals surface area contributed by atoms with Crippen LogP contribution in [0, 0.1) is 11.8 Å². The van der Waals surface area contributed by atoms with Crippen molar-refractivity contribution in [3.05, 3.63) is 28.1 Å². The largest absolute Gasteiger partial charge is 0.494 e. The standard InChI is InChI=1S/C23H28ClNO4S/c24-21-16-9-8-15(29-12-4-7-19(26)27)13-18(16)30-22(21)20(14-5-2-1-3-6-14)17-10-11-25-23(17)28/h8-9,13-14,17,20H,1-7,10-12H2,(H,25,28)(H,26,27). The fourth-order valence-corrected chi connectivity index (χ4v) is 6.80. The van der Waals surface area contributed by atoms with Crippen molar-refractivity contribution in [1.29, 1.82) is 0 Å². The van der Waals surface area contributed by atoms with E-state index >= 15 is 0 Å². The van der Waals surface area contributed by atoms with Crippen molar-refractivity contribution in [3.8, 4) is 5.75 Å². The number of carboxylic acids is 1. The Balaban J connectivity index is 1.61. The van der Waals surface area contributed by atoms with Crippen molar-refractivity contribution < 1.29 is 19.4 Å². The number of amides is 1. The Kier molecular flexibility index (Phi) is 6.84. The molecule has 0 spiro atoms. The van der Waals surface area contributed by atoms with Gasteiger partial charge in [0.1, 0.15) is 5.75 Å². The van der Waals surface area contributed by atoms with Gasteiger partial charge in [-0.25, -0.2) is 0 Å². The van der Waals surface area contributed by atoms with Gasteiger partial charge < -0.3 is 15.2 Å². The molecule has 1 saturated carbocycles. The smallest absolute Gasteiger partial charge is 0.303 e. The van der Waals surface area contributed by atoms with Crippen molar-refractivity contribution in [3.63, 3.8) is 0 Å². The minimum absolute atomic E-state index is 0.00500. The third-order valence-corrected chi connectivity index (χ3v) is 8.19. The molecule has 2 unspecified atom stereocenters. The van der Waals surface area contributed by atoms with Gasteiger partial charge in [0.15, 0.2) is 0 Å². The van der Waals surface area contributed by atoms with E-state index < -0.39 is 5.97 Å². The predicted molar refractivity (Wildman–Crippen MR) is 120 cm³/mol. The summed E-state index contributed by atoms with van der Waals surface area (Å²) in [5.41, 5.74) is 0. The monoisotopic (exact) mass is 449 g/mol. The first kappa shape index (κ1) is 21.4. The molecule has 1 aromatic heterocycles. The lowest BCUT2D eigenvalue weighted by Gasteiger charge is -2.33. The molecule has 2 fully saturated rings. The van der Waals surface area contributed by atoms with Gasteiger partial charge in [-0.1, -0.05) is 30.9 Å². The number of aliphatic carboxylic acids is 1. The molecule has 1 saturated heterocycles. The maximum absolute atomic E-state index is 12.6. The van der Waals surface area contributed by atoms with Gasteiger partial charge in [0.05, 0.1) is 11.6 Å². The maximum atomic E-state index is 12.6. The number of carbonyl (C=O) groups excluding carboxylic acids is 1. The number of nitrogens with one attached hydrogen (secondary N) is 1. The molecule has 1 amide bonds. The van der Waals surface area contributed by atoms with E-state index in [1.807, 2.05) is 18.2 Å². The number of halogens is 1. The lowest BCUT2D eigenvalue weighted by atomic mass is 9.72. The van der Waals surface area contributed by atoms with E-state index in [4.69, 9.17) is 21.4 Å². The van der Waals surface area contributed by atoms with Gasteiger partial charge in [-0.3, -0.25) is 9.59 Å². The molecule has 30 heavy (non-hydrogen) atoms. The molecule has 2 N–H and O–H groups in total. The number of thiophene rings is 1. The zero-order valence-corrected chi connectivity index (χ0v) is 18.6. The van der Waals surface area contributed by atoms with Crippen molar-refractivity contribution in [2.75, 3.05) is 13.2 Å². The van der Waals surface area contributed by atoms with Crippen LogP contribution in [0.3, 0.4) is 0 Å². The highest BCUT2D eigenvalue weighted by molar-refractivity contribution is 7.20. The minimum atomic E-state index is -0.812. The molecule has 4 rings (SSSR count). The van der Waals surface area contributed by atoms with Crippen LogP contribution in [0.2, 0.25) is 5.02 Å². The summed E-state index contributed by atoms with van der Waals surface area (Å²) in [5.74, 6) is 0.771. The van der Waals surface area contributed by atoms with Crippen molar-refractivity contribution in [1.82, 2.24) is 5.32 Å². The predicted octanol–water partition coefficient (Wildman–Crippen LogP) is 5.60. The molecule has 1 aliphatic heterocycles. The van der Waals surface area contributed by atoms with Gasteiger partial charge in [0.2, 0.25) is 5.91 Å². The summed E-state index contributed by atoms with van der Waals surface area (Å²) in [6, 6.07) is 5.86. The Morgan fingerprint density at radius 2 is 2.07 bits per heavy atom. The Morgan fingerprint density at radius 1 is 1.27 bits per heavy atom. The molecule has 2 aromatic rings. The average molecular weight is 450 g/mol. The summed E-state index contributed by atoms with van der Waals surface area (Å²) in [4.78, 5) is 24.4. The van der Waals surface area contributed by atoms with E-state index in [-0.39, 0.29) is 24.2 Å². The highest BCUT2D eigenvalue weighted by Gasteiger charge is 2.40. The number of hydrogen-bond acceptors (Lipinski definition) is 4. The normalized spacial score (nSPS) is 21.0. The van der Waals surface area contributed by atoms with Crippen LogP contribution in [0.1, 0.15) is 62.2 Å². The van der Waals surface area contributed by atoms with Gasteiger partial charge in [-0.15, -0.1) is 11.3 Å². The van der Waals surface area contributed by atoms with Crippen LogP contribution in [0.15, 0.2) is 18.2 Å². The van der Waals surface area contributed by atoms with E-state index in [1.165, 1.54) is 19.3 Å². The number of carboxylic acid groups (broad SMARTS) is 1. The lowest BCUT2D eigenvalue weighted by molar-refractivity contribution is -0.137. The number of fused-ring (bicyclic) bond motifs is 1. The molecular weight excluding hydrogens is 422 g/mol. The van der Waals surface area contributed by atoms with Gasteiger partial charge in [0.25, 0.3) is 0 Å². The molecule has 162 valence electrons. The number of hydrogen-bond donors (Lipinski definition) is 2. The van der Waals surface area contributed by atoms with E-state index in [0.717, 1.165) is 51.5 Å². The summed E-state index contributed by atoms with van der Waals surface area (Å²) in [7, 11) is 0. The van der Waals surface area contributed by atoms with Crippen LogP contribution >= 0.6 is 22.9 Å². The Bertz CT molecular complexity index is 921. The van der Waals surface area contributed by atoms with Crippen LogP contribution < -0.4 is 10.1 Å². The molecule has 2 aliphatic rings. The van der Waals surface area contributed by atoms with Gasteiger partial charge in [0, 0.05) is 39.8 Å². The van der Waals surface area contributed by atoms with E-state index in [0.29, 0.717) is 18.9 Å². The Morgan fingerprint density at radius 3 is 2.77 bits per heavy atom. The highest BCUT2D eigenvalue weighted by Crippen LogP contribution is 2.50. The summed E-state index contributed by atoms with van der Waals surface area (Å²) in [5, 5.41) is 13.6. The van der Waals surface area contributed by atoms with Crippen molar-refractivity contribution in [2.24, 2.45) is 11.8 Å². The van der Waals surface area contributed by atoms with Crippen molar-refractivity contribution in [2.45, 2.75) is 57.3 Å². The molecule has 5 nitrogen and oxygen atoms in total. The quantitative estimate of drug-likeness (QED) is 0.514. The second-order valence-electron chi connectivity index (χ2n) is 8.39. The fourth-order valence-electron chi connectivity index (χ4n) is 4.96. The summed E-state index contributed by atoms with van der Waals surface area (Å²) in [6.07, 6.45) is 7.52. The first-order chi connectivity index (χ1) is 14.5. The Hall–Kier alpha value is -1.79. The van der Waals surface area contributed by atoms with E-state index in [2.05, 4.69) is 5.32 Å². The third-order valence-electron chi connectivity index (χ3n) is 6.41. The molecule has 7 heteroatoms. The first-order valence-corrected chi connectivity index (χ1v) is 12.1. The van der Waals surface area contributed by atoms with E-state index in [1.54, 1.807) is 11.3 Å². The molecule has 1 aliphatic carbocycles. The molecule has 0 bridgehead atoms. The summed E-state index contributed by atoms with van der Waals surface area (Å²) >= 11 is 8.57. The minimum Gasteiger partial charge on any atom is -0.494 e. The van der Waals surface area contributed by atoms with Crippen LogP contribution in [-0.2, 0) is 9.59 Å². The molecule has 2 atom stereocenters. The second-order valence-corrected chi connectivity index (χ2v) is 9.86. The van der Waals surface area contributed by atoms with Gasteiger partial charge in [-0.05, 0) is 49.8 Å².